The molecule has 0 nitrogen and oxygen atoms in total. The molecule has 2 heteroatoms. The fourth-order valence-electron chi connectivity index (χ4n) is 4.26. The average Bonchev–Trinajstić information content (AvgIpc) is 2.51. The van der Waals surface area contributed by atoms with E-state index in [1.165, 1.54) is 42.4 Å². The first kappa shape index (κ1) is 18.5. The largest absolute Gasteiger partial charge is 0.0561 e. The Kier molecular flexibility index (Phi) is 4.14. The van der Waals surface area contributed by atoms with Crippen LogP contribution in [-0.4, -0.2) is 0 Å². The molecule has 4 rings (SSSR count). The van der Waals surface area contributed by atoms with Gasteiger partial charge in [0.1, 0.15) is 0 Å². The minimum absolute atomic E-state index is 0.143. The summed E-state index contributed by atoms with van der Waals surface area (Å²) in [6.45, 7) is 13.8. The lowest BCUT2D eigenvalue weighted by atomic mass is 9.61. The van der Waals surface area contributed by atoms with Gasteiger partial charge in [-0.3, -0.25) is 0 Å². The molecule has 0 aromatic rings. The zero-order valence-corrected chi connectivity index (χ0v) is 19.5. The molecule has 0 N–H and O–H groups in total. The molecule has 0 spiro atoms. The first-order valence-electron chi connectivity index (χ1n) is 9.33. The second kappa shape index (κ2) is 5.82. The first-order valence-corrected chi connectivity index (χ1v) is 10.9. The molecule has 0 amide bonds. The van der Waals surface area contributed by atoms with Gasteiger partial charge >= 0.3 is 0 Å². The van der Waals surface area contributed by atoms with Gasteiger partial charge in [0.05, 0.1) is 0 Å². The molecule has 0 bridgehead atoms. The molecule has 2 atom stereocenters. The standard InChI is InChI=1S/C24H26Br2/c1-23(2,3)15-7-13-9-20(26)18-12-16(24(4,5)6)8-14-10-19(25)17(11-15)21(13)22(14)18/h7-12,21-22H,1-6H3/t21-,22+. The minimum atomic E-state index is 0.143. The monoisotopic (exact) mass is 472 g/mol. The maximum absolute atomic E-state index is 3.89. The maximum atomic E-state index is 3.89. The van der Waals surface area contributed by atoms with Gasteiger partial charge in [0.15, 0.2) is 0 Å². The fraction of sp³-hybridized carbons (Fsp3) is 0.417. The van der Waals surface area contributed by atoms with Crippen molar-refractivity contribution >= 4 is 31.9 Å². The second-order valence-electron chi connectivity index (χ2n) is 9.84. The van der Waals surface area contributed by atoms with Crippen LogP contribution in [0.15, 0.2) is 78.9 Å². The van der Waals surface area contributed by atoms with Gasteiger partial charge in [-0.15, -0.1) is 0 Å². The molecule has 0 aromatic heterocycles. The van der Waals surface area contributed by atoms with E-state index in [0.29, 0.717) is 11.8 Å². The topological polar surface area (TPSA) is 0 Å². The summed E-state index contributed by atoms with van der Waals surface area (Å²) in [5.74, 6) is 0.835. The van der Waals surface area contributed by atoms with E-state index in [9.17, 15) is 0 Å². The molecule has 4 aliphatic rings. The van der Waals surface area contributed by atoms with E-state index in [4.69, 9.17) is 0 Å². The lowest BCUT2D eigenvalue weighted by Crippen LogP contribution is -2.32. The highest BCUT2D eigenvalue weighted by Gasteiger charge is 2.43. The fourth-order valence-corrected chi connectivity index (χ4v) is 5.51. The zero-order valence-electron chi connectivity index (χ0n) is 16.4. The van der Waals surface area contributed by atoms with Crippen molar-refractivity contribution < 1.29 is 0 Å². The molecule has 136 valence electrons. The van der Waals surface area contributed by atoms with E-state index >= 15 is 0 Å². The highest BCUT2D eigenvalue weighted by Crippen LogP contribution is 2.56. The molecular formula is C24H26Br2. The number of rotatable bonds is 0. The van der Waals surface area contributed by atoms with Gasteiger partial charge in [-0.1, -0.05) is 97.7 Å². The van der Waals surface area contributed by atoms with Gasteiger partial charge in [0.2, 0.25) is 0 Å². The van der Waals surface area contributed by atoms with Crippen molar-refractivity contribution in [1.29, 1.82) is 0 Å². The number of allylic oxidation sites excluding steroid dienone is 14. The Bertz CT molecular complexity index is 912. The van der Waals surface area contributed by atoms with Crippen LogP contribution < -0.4 is 0 Å². The third-order valence-electron chi connectivity index (χ3n) is 5.86. The lowest BCUT2D eigenvalue weighted by molar-refractivity contribution is 0.488. The van der Waals surface area contributed by atoms with Gasteiger partial charge in [0, 0.05) is 20.8 Å². The summed E-state index contributed by atoms with van der Waals surface area (Å²) >= 11 is 7.79. The zero-order chi connectivity index (χ0) is 19.0. The maximum Gasteiger partial charge on any atom is 0.0216 e. The smallest absolute Gasteiger partial charge is 0.0216 e. The van der Waals surface area contributed by atoms with Crippen LogP contribution in [0.2, 0.25) is 0 Å². The van der Waals surface area contributed by atoms with Crippen molar-refractivity contribution in [1.82, 2.24) is 0 Å². The first-order chi connectivity index (χ1) is 12.0. The van der Waals surface area contributed by atoms with Gasteiger partial charge in [-0.05, 0) is 56.4 Å². The molecule has 0 saturated carbocycles. The predicted molar refractivity (Wildman–Crippen MR) is 119 cm³/mol. The van der Waals surface area contributed by atoms with Crippen LogP contribution in [0, 0.1) is 22.7 Å². The molecular weight excluding hydrogens is 448 g/mol. The van der Waals surface area contributed by atoms with E-state index in [0.717, 1.165) is 0 Å². The van der Waals surface area contributed by atoms with Gasteiger partial charge in [-0.2, -0.15) is 0 Å². The summed E-state index contributed by atoms with van der Waals surface area (Å²) in [6.07, 6.45) is 14.4. The van der Waals surface area contributed by atoms with E-state index in [1.807, 2.05) is 0 Å². The van der Waals surface area contributed by atoms with Crippen LogP contribution in [-0.2, 0) is 0 Å². The number of hydrogen-bond donors (Lipinski definition) is 0. The molecule has 0 saturated heterocycles. The van der Waals surface area contributed by atoms with Crippen molar-refractivity contribution in [3.63, 3.8) is 0 Å². The number of hydrogen-bond acceptors (Lipinski definition) is 0. The molecule has 26 heavy (non-hydrogen) atoms. The summed E-state index contributed by atoms with van der Waals surface area (Å²) in [6, 6.07) is 0. The lowest BCUT2D eigenvalue weighted by Gasteiger charge is -2.44. The second-order valence-corrected chi connectivity index (χ2v) is 11.5. The Hall–Kier alpha value is -0.860. The highest BCUT2D eigenvalue weighted by molar-refractivity contribution is 9.12. The molecule has 0 heterocycles. The Morgan fingerprint density at radius 1 is 0.654 bits per heavy atom. The van der Waals surface area contributed by atoms with Crippen molar-refractivity contribution in [2.75, 3.05) is 0 Å². The summed E-state index contributed by atoms with van der Waals surface area (Å²) in [7, 11) is 0. The van der Waals surface area contributed by atoms with Crippen LogP contribution in [0.1, 0.15) is 41.5 Å². The normalized spacial score (nSPS) is 27.7. The molecule has 0 aliphatic heterocycles. The van der Waals surface area contributed by atoms with Crippen molar-refractivity contribution in [2.24, 2.45) is 22.7 Å². The van der Waals surface area contributed by atoms with Gasteiger partial charge < -0.3 is 0 Å². The molecule has 4 aliphatic carbocycles. The molecule has 0 radical (unpaired) electrons. The van der Waals surface area contributed by atoms with Crippen molar-refractivity contribution in [3.8, 4) is 0 Å². The Morgan fingerprint density at radius 2 is 1.23 bits per heavy atom. The Morgan fingerprint density at radius 3 is 1.85 bits per heavy atom. The average molecular weight is 474 g/mol. The van der Waals surface area contributed by atoms with Crippen LogP contribution in [0.3, 0.4) is 0 Å². The van der Waals surface area contributed by atoms with Crippen LogP contribution >= 0.6 is 31.9 Å². The van der Waals surface area contributed by atoms with Gasteiger partial charge in [-0.25, -0.2) is 0 Å². The summed E-state index contributed by atoms with van der Waals surface area (Å²) < 4.78 is 2.47. The predicted octanol–water partition coefficient (Wildman–Crippen LogP) is 7.93. The van der Waals surface area contributed by atoms with E-state index in [-0.39, 0.29) is 10.8 Å². The highest BCUT2D eigenvalue weighted by atomic mass is 79.9. The Labute approximate surface area is 174 Å². The summed E-state index contributed by atoms with van der Waals surface area (Å²) in [5, 5.41) is 0. The summed E-state index contributed by atoms with van der Waals surface area (Å²) in [4.78, 5) is 0. The minimum Gasteiger partial charge on any atom is -0.0561 e. The molecule has 0 aromatic carbocycles. The van der Waals surface area contributed by atoms with Gasteiger partial charge in [0.25, 0.3) is 0 Å². The quantitative estimate of drug-likeness (QED) is 0.335. The third kappa shape index (κ3) is 2.85. The molecule has 0 fully saturated rings. The van der Waals surface area contributed by atoms with Crippen molar-refractivity contribution in [3.05, 3.63) is 78.9 Å². The number of halogens is 2. The van der Waals surface area contributed by atoms with E-state index in [2.05, 4.69) is 110 Å². The van der Waals surface area contributed by atoms with Crippen LogP contribution in [0.25, 0.3) is 0 Å². The van der Waals surface area contributed by atoms with Crippen LogP contribution in [0.5, 0.6) is 0 Å². The van der Waals surface area contributed by atoms with Crippen molar-refractivity contribution in [2.45, 2.75) is 41.5 Å². The van der Waals surface area contributed by atoms with Crippen LogP contribution in [0.4, 0.5) is 0 Å². The van der Waals surface area contributed by atoms with E-state index < -0.39 is 0 Å². The molecule has 0 unspecified atom stereocenters. The Balaban J connectivity index is 1.98. The van der Waals surface area contributed by atoms with E-state index in [1.54, 1.807) is 0 Å². The summed E-state index contributed by atoms with van der Waals surface area (Å²) in [5.41, 5.74) is 8.80. The SMILES string of the molecule is CC(C)(C)C1=CC2=CC(Br)=C3C=C(C(C)(C)C)C=C4C=C(Br)C(=C1)[C@@H]2[C@@H]43. The third-order valence-corrected chi connectivity index (χ3v) is 7.23.